The van der Waals surface area contributed by atoms with Gasteiger partial charge < -0.3 is 19.7 Å². The number of hydrogen-bond donors (Lipinski definition) is 2. The zero-order chi connectivity index (χ0) is 14.1. The lowest BCUT2D eigenvalue weighted by Crippen LogP contribution is -2.25. The zero-order valence-electron chi connectivity index (χ0n) is 11.0. The average Bonchev–Trinajstić information content (AvgIpc) is 2.43. The third kappa shape index (κ3) is 5.72. The summed E-state index contributed by atoms with van der Waals surface area (Å²) in [6.07, 6.45) is -0.200. The van der Waals surface area contributed by atoms with Crippen molar-refractivity contribution in [3.05, 3.63) is 29.8 Å². The van der Waals surface area contributed by atoms with Gasteiger partial charge in [-0.1, -0.05) is 19.1 Å². The van der Waals surface area contributed by atoms with E-state index in [0.29, 0.717) is 12.4 Å². The van der Waals surface area contributed by atoms with Crippen molar-refractivity contribution < 1.29 is 24.5 Å². The standard InChI is InChI=1S/C14H20O5/c1-2-8-19-14(17)13(16)10-11-3-5-12(6-4-11)18-9-7-15/h3-6,13,15-16H,2,7-10H2,1H3. The number of carbonyl (C=O) groups is 1. The molecule has 0 saturated heterocycles. The molecular formula is C14H20O5. The molecule has 1 aromatic rings. The summed E-state index contributed by atoms with van der Waals surface area (Å²) in [5, 5.41) is 18.3. The van der Waals surface area contributed by atoms with Crippen LogP contribution in [0.5, 0.6) is 5.75 Å². The maximum atomic E-state index is 11.4. The highest BCUT2D eigenvalue weighted by atomic mass is 16.5. The van der Waals surface area contributed by atoms with E-state index in [1.165, 1.54) is 0 Å². The van der Waals surface area contributed by atoms with Gasteiger partial charge >= 0.3 is 5.97 Å². The molecule has 1 unspecified atom stereocenters. The summed E-state index contributed by atoms with van der Waals surface area (Å²) in [4.78, 5) is 11.4. The number of esters is 1. The molecular weight excluding hydrogens is 248 g/mol. The largest absolute Gasteiger partial charge is 0.491 e. The van der Waals surface area contributed by atoms with E-state index in [2.05, 4.69) is 0 Å². The van der Waals surface area contributed by atoms with Gasteiger partial charge in [0.25, 0.3) is 0 Å². The molecule has 1 aromatic carbocycles. The van der Waals surface area contributed by atoms with Gasteiger partial charge in [0.2, 0.25) is 0 Å². The van der Waals surface area contributed by atoms with Crippen LogP contribution in [0.25, 0.3) is 0 Å². The normalized spacial score (nSPS) is 11.9. The van der Waals surface area contributed by atoms with Gasteiger partial charge in [0, 0.05) is 6.42 Å². The summed E-state index contributed by atoms with van der Waals surface area (Å²) in [5.74, 6) is 0.0447. The zero-order valence-corrected chi connectivity index (χ0v) is 11.0. The van der Waals surface area contributed by atoms with E-state index in [0.717, 1.165) is 12.0 Å². The summed E-state index contributed by atoms with van der Waals surface area (Å²) in [7, 11) is 0. The predicted octanol–water partition coefficient (Wildman–Crippen LogP) is 0.914. The first-order valence-corrected chi connectivity index (χ1v) is 6.34. The van der Waals surface area contributed by atoms with E-state index in [-0.39, 0.29) is 19.6 Å². The van der Waals surface area contributed by atoms with Crippen molar-refractivity contribution in [1.82, 2.24) is 0 Å². The minimum atomic E-state index is -1.14. The molecule has 1 rings (SSSR count). The minimum Gasteiger partial charge on any atom is -0.491 e. The molecule has 5 nitrogen and oxygen atoms in total. The Morgan fingerprint density at radius 1 is 1.26 bits per heavy atom. The summed E-state index contributed by atoms with van der Waals surface area (Å²) in [5.41, 5.74) is 0.817. The van der Waals surface area contributed by atoms with Crippen molar-refractivity contribution in [3.63, 3.8) is 0 Å². The van der Waals surface area contributed by atoms with E-state index >= 15 is 0 Å². The van der Waals surface area contributed by atoms with Gasteiger partial charge in [-0.3, -0.25) is 0 Å². The van der Waals surface area contributed by atoms with E-state index in [9.17, 15) is 9.90 Å². The summed E-state index contributed by atoms with van der Waals surface area (Å²) in [6, 6.07) is 7.00. The lowest BCUT2D eigenvalue weighted by molar-refractivity contribution is -0.153. The van der Waals surface area contributed by atoms with Crippen LogP contribution >= 0.6 is 0 Å². The molecule has 0 aliphatic carbocycles. The van der Waals surface area contributed by atoms with E-state index in [4.69, 9.17) is 14.6 Å². The fourth-order valence-corrected chi connectivity index (χ4v) is 1.49. The number of aliphatic hydroxyl groups is 2. The Hall–Kier alpha value is -1.59. The van der Waals surface area contributed by atoms with E-state index in [1.807, 2.05) is 6.92 Å². The predicted molar refractivity (Wildman–Crippen MR) is 70.0 cm³/mol. The van der Waals surface area contributed by atoms with Crippen LogP contribution in [0.2, 0.25) is 0 Å². The number of aliphatic hydroxyl groups excluding tert-OH is 2. The van der Waals surface area contributed by atoms with Gasteiger partial charge in [-0.05, 0) is 24.1 Å². The Bertz CT molecular complexity index is 374. The van der Waals surface area contributed by atoms with Crippen LogP contribution in [-0.4, -0.2) is 42.1 Å². The van der Waals surface area contributed by atoms with Crippen LogP contribution in [0, 0.1) is 0 Å². The van der Waals surface area contributed by atoms with Crippen molar-refractivity contribution in [2.45, 2.75) is 25.9 Å². The Kier molecular flexibility index (Phi) is 6.92. The molecule has 106 valence electrons. The van der Waals surface area contributed by atoms with Crippen LogP contribution in [0.15, 0.2) is 24.3 Å². The first-order chi connectivity index (χ1) is 9.17. The third-order valence-electron chi connectivity index (χ3n) is 2.43. The lowest BCUT2D eigenvalue weighted by Gasteiger charge is -2.11. The van der Waals surface area contributed by atoms with Crippen LogP contribution in [-0.2, 0) is 16.0 Å². The van der Waals surface area contributed by atoms with Crippen LogP contribution in [0.4, 0.5) is 0 Å². The SMILES string of the molecule is CCCOC(=O)C(O)Cc1ccc(OCCO)cc1. The number of carbonyl (C=O) groups excluding carboxylic acids is 1. The van der Waals surface area contributed by atoms with Gasteiger partial charge in [0.15, 0.2) is 6.10 Å². The van der Waals surface area contributed by atoms with Gasteiger partial charge in [0.05, 0.1) is 13.2 Å². The fourth-order valence-electron chi connectivity index (χ4n) is 1.49. The minimum absolute atomic E-state index is 0.0380. The summed E-state index contributed by atoms with van der Waals surface area (Å²) >= 11 is 0. The van der Waals surface area contributed by atoms with Crippen molar-refractivity contribution in [2.75, 3.05) is 19.8 Å². The molecule has 5 heteroatoms. The Morgan fingerprint density at radius 2 is 1.95 bits per heavy atom. The van der Waals surface area contributed by atoms with Crippen molar-refractivity contribution in [1.29, 1.82) is 0 Å². The second-order valence-corrected chi connectivity index (χ2v) is 4.10. The van der Waals surface area contributed by atoms with Gasteiger partial charge in [-0.15, -0.1) is 0 Å². The highest BCUT2D eigenvalue weighted by Crippen LogP contribution is 2.13. The quantitative estimate of drug-likeness (QED) is 0.685. The molecule has 19 heavy (non-hydrogen) atoms. The summed E-state index contributed by atoms with van der Waals surface area (Å²) < 4.78 is 10.1. The Morgan fingerprint density at radius 3 is 2.53 bits per heavy atom. The molecule has 0 saturated carbocycles. The van der Waals surface area contributed by atoms with Gasteiger partial charge in [-0.25, -0.2) is 4.79 Å². The van der Waals surface area contributed by atoms with Crippen molar-refractivity contribution >= 4 is 5.97 Å². The second-order valence-electron chi connectivity index (χ2n) is 4.10. The van der Waals surface area contributed by atoms with Crippen molar-refractivity contribution in [3.8, 4) is 5.75 Å². The van der Waals surface area contributed by atoms with Crippen LogP contribution in [0.3, 0.4) is 0 Å². The average molecular weight is 268 g/mol. The van der Waals surface area contributed by atoms with Gasteiger partial charge in [-0.2, -0.15) is 0 Å². The lowest BCUT2D eigenvalue weighted by atomic mass is 10.1. The summed E-state index contributed by atoms with van der Waals surface area (Å²) in [6.45, 7) is 2.42. The number of hydrogen-bond acceptors (Lipinski definition) is 5. The maximum Gasteiger partial charge on any atom is 0.335 e. The monoisotopic (exact) mass is 268 g/mol. The molecule has 0 amide bonds. The van der Waals surface area contributed by atoms with Crippen LogP contribution in [0.1, 0.15) is 18.9 Å². The fraction of sp³-hybridized carbons (Fsp3) is 0.500. The molecule has 0 aliphatic heterocycles. The Balaban J connectivity index is 2.45. The molecule has 0 radical (unpaired) electrons. The van der Waals surface area contributed by atoms with Crippen molar-refractivity contribution in [2.24, 2.45) is 0 Å². The second kappa shape index (κ2) is 8.50. The first kappa shape index (κ1) is 15.5. The molecule has 0 aromatic heterocycles. The smallest absolute Gasteiger partial charge is 0.335 e. The topological polar surface area (TPSA) is 76.0 Å². The van der Waals surface area contributed by atoms with E-state index < -0.39 is 12.1 Å². The highest BCUT2D eigenvalue weighted by molar-refractivity contribution is 5.74. The molecule has 0 aliphatic rings. The molecule has 1 atom stereocenters. The third-order valence-corrected chi connectivity index (χ3v) is 2.43. The van der Waals surface area contributed by atoms with Crippen LogP contribution < -0.4 is 4.74 Å². The number of ether oxygens (including phenoxy) is 2. The Labute approximate surface area is 112 Å². The molecule has 0 fully saturated rings. The van der Waals surface area contributed by atoms with Gasteiger partial charge in [0.1, 0.15) is 12.4 Å². The number of rotatable bonds is 8. The first-order valence-electron chi connectivity index (χ1n) is 6.34. The highest BCUT2D eigenvalue weighted by Gasteiger charge is 2.16. The number of benzene rings is 1. The maximum absolute atomic E-state index is 11.4. The molecule has 0 bridgehead atoms. The molecule has 0 spiro atoms. The van der Waals surface area contributed by atoms with E-state index in [1.54, 1.807) is 24.3 Å². The molecule has 0 heterocycles. The molecule has 2 N–H and O–H groups in total.